The summed E-state index contributed by atoms with van der Waals surface area (Å²) in [5, 5.41) is 15.0. The van der Waals surface area contributed by atoms with Crippen molar-refractivity contribution in [3.63, 3.8) is 0 Å². The second-order valence-corrected chi connectivity index (χ2v) is 6.67. The van der Waals surface area contributed by atoms with Crippen LogP contribution in [-0.2, 0) is 19.4 Å². The number of rotatable bonds is 12. The first-order chi connectivity index (χ1) is 13.3. The third kappa shape index (κ3) is 9.52. The van der Waals surface area contributed by atoms with Crippen molar-refractivity contribution in [1.82, 2.24) is 25.4 Å². The van der Waals surface area contributed by atoms with Gasteiger partial charge in [0.05, 0.1) is 0 Å². The lowest BCUT2D eigenvalue weighted by Crippen LogP contribution is -2.40. The molecule has 1 heterocycles. The summed E-state index contributed by atoms with van der Waals surface area (Å²) in [6.07, 6.45) is 8.61. The van der Waals surface area contributed by atoms with Crippen molar-refractivity contribution < 1.29 is 0 Å². The molecule has 7 heteroatoms. The first-order valence-corrected chi connectivity index (χ1v) is 10.3. The van der Waals surface area contributed by atoms with Crippen molar-refractivity contribution in [2.75, 3.05) is 19.6 Å². The second-order valence-electron chi connectivity index (χ2n) is 6.67. The molecule has 28 heavy (non-hydrogen) atoms. The van der Waals surface area contributed by atoms with Gasteiger partial charge in [0.1, 0.15) is 12.2 Å². The van der Waals surface area contributed by atoms with E-state index in [2.05, 4.69) is 69.6 Å². The standard InChI is InChI=1S/C21H34N6.HI/c1-3-5-6-10-14-22-21(23-15-13-19-11-8-7-9-12-19)24-16-17-27-18-25-26-20(27)4-2;/h7-9,11-12,18H,3-6,10,13-17H2,1-2H3,(H2,22,23,24);1H. The Kier molecular flexibility index (Phi) is 13.3. The molecule has 2 N–H and O–H groups in total. The Bertz CT molecular complexity index is 656. The maximum atomic E-state index is 4.74. The molecule has 0 atom stereocenters. The number of benzene rings is 1. The molecule has 0 aliphatic carbocycles. The molecule has 6 nitrogen and oxygen atoms in total. The summed E-state index contributed by atoms with van der Waals surface area (Å²) in [6, 6.07) is 10.5. The van der Waals surface area contributed by atoms with Gasteiger partial charge in [-0.25, -0.2) is 0 Å². The van der Waals surface area contributed by atoms with E-state index in [1.54, 1.807) is 6.33 Å². The third-order valence-corrected chi connectivity index (χ3v) is 4.49. The highest BCUT2D eigenvalue weighted by Gasteiger charge is 2.03. The largest absolute Gasteiger partial charge is 0.356 e. The maximum Gasteiger partial charge on any atom is 0.191 e. The van der Waals surface area contributed by atoms with E-state index in [-0.39, 0.29) is 24.0 Å². The molecule has 1 aromatic heterocycles. The predicted octanol–water partition coefficient (Wildman–Crippen LogP) is 3.82. The molecular formula is C21H35IN6. The van der Waals surface area contributed by atoms with Gasteiger partial charge in [0.2, 0.25) is 0 Å². The second kappa shape index (κ2) is 15.3. The van der Waals surface area contributed by atoms with Crippen LogP contribution in [0.25, 0.3) is 0 Å². The number of nitrogens with one attached hydrogen (secondary N) is 2. The molecule has 0 saturated heterocycles. The minimum atomic E-state index is 0. The predicted molar refractivity (Wildman–Crippen MR) is 127 cm³/mol. The molecule has 0 aliphatic heterocycles. The topological polar surface area (TPSA) is 67.1 Å². The average molecular weight is 498 g/mol. The molecule has 0 saturated carbocycles. The fraction of sp³-hybridized carbons (Fsp3) is 0.571. The Balaban J connectivity index is 0.00000392. The molecule has 2 aromatic rings. The monoisotopic (exact) mass is 498 g/mol. The zero-order valence-corrected chi connectivity index (χ0v) is 19.6. The maximum absolute atomic E-state index is 4.74. The van der Waals surface area contributed by atoms with Crippen LogP contribution < -0.4 is 10.6 Å². The normalized spacial score (nSPS) is 11.1. The van der Waals surface area contributed by atoms with Crippen molar-refractivity contribution in [3.8, 4) is 0 Å². The Morgan fingerprint density at radius 1 is 1.04 bits per heavy atom. The van der Waals surface area contributed by atoms with E-state index >= 15 is 0 Å². The van der Waals surface area contributed by atoms with Gasteiger partial charge in [-0.2, -0.15) is 0 Å². The number of aliphatic imine (C=N–C) groups is 1. The van der Waals surface area contributed by atoms with Crippen LogP contribution in [0, 0.1) is 0 Å². The molecule has 156 valence electrons. The van der Waals surface area contributed by atoms with Gasteiger partial charge in [-0.05, 0) is 18.4 Å². The van der Waals surface area contributed by atoms with Gasteiger partial charge >= 0.3 is 0 Å². The lowest BCUT2D eigenvalue weighted by Gasteiger charge is -2.13. The summed E-state index contributed by atoms with van der Waals surface area (Å²) in [6.45, 7) is 7.72. The molecule has 0 aliphatic rings. The van der Waals surface area contributed by atoms with E-state index in [0.29, 0.717) is 0 Å². The average Bonchev–Trinajstić information content (AvgIpc) is 3.15. The van der Waals surface area contributed by atoms with Crippen molar-refractivity contribution in [2.24, 2.45) is 4.99 Å². The minimum Gasteiger partial charge on any atom is -0.356 e. The lowest BCUT2D eigenvalue weighted by molar-refractivity contribution is 0.628. The zero-order chi connectivity index (χ0) is 19.2. The summed E-state index contributed by atoms with van der Waals surface area (Å²) in [5.74, 6) is 1.92. The quantitative estimate of drug-likeness (QED) is 0.202. The van der Waals surface area contributed by atoms with Gasteiger partial charge in [-0.3, -0.25) is 4.99 Å². The van der Waals surface area contributed by atoms with Crippen molar-refractivity contribution in [3.05, 3.63) is 48.0 Å². The van der Waals surface area contributed by atoms with Crippen LogP contribution in [-0.4, -0.2) is 40.4 Å². The number of aromatic nitrogens is 3. The van der Waals surface area contributed by atoms with Crippen LogP contribution in [0.3, 0.4) is 0 Å². The smallest absolute Gasteiger partial charge is 0.191 e. The Hall–Kier alpha value is -1.64. The van der Waals surface area contributed by atoms with Crippen LogP contribution in [0.1, 0.15) is 50.9 Å². The molecule has 0 fully saturated rings. The summed E-state index contributed by atoms with van der Waals surface area (Å²) in [4.78, 5) is 4.74. The fourth-order valence-electron chi connectivity index (χ4n) is 2.91. The lowest BCUT2D eigenvalue weighted by atomic mass is 10.1. The van der Waals surface area contributed by atoms with Crippen LogP contribution in [0.5, 0.6) is 0 Å². The van der Waals surface area contributed by atoms with Gasteiger partial charge in [0, 0.05) is 32.6 Å². The molecule has 0 amide bonds. The molecular weight excluding hydrogens is 463 g/mol. The highest BCUT2D eigenvalue weighted by atomic mass is 127. The van der Waals surface area contributed by atoms with Crippen molar-refractivity contribution in [1.29, 1.82) is 0 Å². The van der Waals surface area contributed by atoms with E-state index in [1.165, 1.54) is 24.8 Å². The molecule has 0 radical (unpaired) electrons. The van der Waals surface area contributed by atoms with Gasteiger partial charge < -0.3 is 15.2 Å². The van der Waals surface area contributed by atoms with Crippen LogP contribution >= 0.6 is 24.0 Å². The third-order valence-electron chi connectivity index (χ3n) is 4.49. The van der Waals surface area contributed by atoms with E-state index in [1.807, 2.05) is 0 Å². The molecule has 0 unspecified atom stereocenters. The fourth-order valence-corrected chi connectivity index (χ4v) is 2.91. The van der Waals surface area contributed by atoms with Gasteiger partial charge in [0.25, 0.3) is 0 Å². The number of hydrogen-bond donors (Lipinski definition) is 2. The molecule has 0 spiro atoms. The summed E-state index contributed by atoms with van der Waals surface area (Å²) in [5.41, 5.74) is 1.34. The Morgan fingerprint density at radius 2 is 1.82 bits per heavy atom. The molecule has 0 bridgehead atoms. The summed E-state index contributed by atoms with van der Waals surface area (Å²) in [7, 11) is 0. The van der Waals surface area contributed by atoms with E-state index in [0.717, 1.165) is 57.2 Å². The van der Waals surface area contributed by atoms with Crippen molar-refractivity contribution >= 4 is 29.9 Å². The number of guanidine groups is 1. The highest BCUT2D eigenvalue weighted by molar-refractivity contribution is 14.0. The van der Waals surface area contributed by atoms with Crippen molar-refractivity contribution in [2.45, 2.75) is 58.9 Å². The number of nitrogens with zero attached hydrogens (tertiary/aromatic N) is 4. The van der Waals surface area contributed by atoms with E-state index in [9.17, 15) is 0 Å². The van der Waals surface area contributed by atoms with Gasteiger partial charge in [-0.15, -0.1) is 34.2 Å². The van der Waals surface area contributed by atoms with Crippen LogP contribution in [0.4, 0.5) is 0 Å². The minimum absolute atomic E-state index is 0. The number of halogens is 1. The van der Waals surface area contributed by atoms with Gasteiger partial charge in [-0.1, -0.05) is 63.4 Å². The first-order valence-electron chi connectivity index (χ1n) is 10.3. The van der Waals surface area contributed by atoms with Crippen LogP contribution in [0.2, 0.25) is 0 Å². The summed E-state index contributed by atoms with van der Waals surface area (Å²) < 4.78 is 2.09. The zero-order valence-electron chi connectivity index (χ0n) is 17.2. The van der Waals surface area contributed by atoms with Gasteiger partial charge in [0.15, 0.2) is 5.96 Å². The number of unbranched alkanes of at least 4 members (excludes halogenated alkanes) is 3. The first kappa shape index (κ1) is 24.4. The number of hydrogen-bond acceptors (Lipinski definition) is 3. The number of aryl methyl sites for hydroxylation is 1. The summed E-state index contributed by atoms with van der Waals surface area (Å²) >= 11 is 0. The highest BCUT2D eigenvalue weighted by Crippen LogP contribution is 2.00. The van der Waals surface area contributed by atoms with E-state index < -0.39 is 0 Å². The molecule has 2 rings (SSSR count). The molecule has 1 aromatic carbocycles. The van der Waals surface area contributed by atoms with Crippen LogP contribution in [0.15, 0.2) is 41.7 Å². The Morgan fingerprint density at radius 3 is 2.57 bits per heavy atom. The SMILES string of the molecule is CCCCCCN=C(NCCc1ccccc1)NCCn1cnnc1CC.I. The van der Waals surface area contributed by atoms with E-state index in [4.69, 9.17) is 4.99 Å². The Labute approximate surface area is 186 Å².